The number of hydrogen-bond donors (Lipinski definition) is 0. The summed E-state index contributed by atoms with van der Waals surface area (Å²) in [5.41, 5.74) is 2.93. The van der Waals surface area contributed by atoms with Crippen LogP contribution >= 0.6 is 0 Å². The third kappa shape index (κ3) is 3.89. The summed E-state index contributed by atoms with van der Waals surface area (Å²) in [4.78, 5) is 0.431. The molecule has 0 aromatic heterocycles. The lowest BCUT2D eigenvalue weighted by atomic mass is 9.83. The van der Waals surface area contributed by atoms with Gasteiger partial charge in [-0.15, -0.1) is 0 Å². The zero-order valence-electron chi connectivity index (χ0n) is 14.0. The van der Waals surface area contributed by atoms with E-state index in [1.54, 1.807) is 0 Å². The number of rotatable bonds is 3. The first-order chi connectivity index (χ1) is 10.3. The topological polar surface area (TPSA) is 34.1 Å². The molecule has 120 valence electrons. The first-order valence-corrected chi connectivity index (χ1v) is 9.89. The maximum atomic E-state index is 11.9. The Kier molecular flexibility index (Phi) is 5.28. The van der Waals surface area contributed by atoms with E-state index >= 15 is 0 Å². The molecule has 2 unspecified atom stereocenters. The highest BCUT2D eigenvalue weighted by molar-refractivity contribution is 7.90. The zero-order chi connectivity index (χ0) is 16.3. The maximum absolute atomic E-state index is 11.9. The maximum Gasteiger partial charge on any atom is 0.175 e. The molecular formula is C19H26O2S. The number of benzene rings is 1. The third-order valence-corrected chi connectivity index (χ3v) is 5.93. The van der Waals surface area contributed by atoms with Crippen LogP contribution in [0, 0.1) is 18.8 Å². The fraction of sp³-hybridized carbons (Fsp3) is 0.474. The van der Waals surface area contributed by atoms with Crippen molar-refractivity contribution in [3.8, 4) is 0 Å². The first-order valence-electron chi connectivity index (χ1n) is 8.00. The van der Waals surface area contributed by atoms with Crippen LogP contribution in [-0.4, -0.2) is 14.7 Å². The van der Waals surface area contributed by atoms with Gasteiger partial charge in [0.2, 0.25) is 0 Å². The quantitative estimate of drug-likeness (QED) is 0.802. The Morgan fingerprint density at radius 1 is 1.23 bits per heavy atom. The van der Waals surface area contributed by atoms with Crippen molar-refractivity contribution in [2.24, 2.45) is 11.8 Å². The van der Waals surface area contributed by atoms with E-state index in [-0.39, 0.29) is 0 Å². The normalized spacial score (nSPS) is 26.6. The van der Waals surface area contributed by atoms with Crippen LogP contribution in [0.3, 0.4) is 0 Å². The largest absolute Gasteiger partial charge is 0.224 e. The molecule has 1 aromatic carbocycles. The van der Waals surface area contributed by atoms with Gasteiger partial charge in [0, 0.05) is 6.26 Å². The average molecular weight is 318 g/mol. The molecule has 0 bridgehead atoms. The highest BCUT2D eigenvalue weighted by atomic mass is 32.2. The van der Waals surface area contributed by atoms with E-state index in [1.807, 2.05) is 25.1 Å². The highest BCUT2D eigenvalue weighted by Gasteiger charge is 2.16. The zero-order valence-corrected chi connectivity index (χ0v) is 14.8. The van der Waals surface area contributed by atoms with Crippen LogP contribution in [0.15, 0.2) is 41.3 Å². The van der Waals surface area contributed by atoms with E-state index in [4.69, 9.17) is 0 Å². The Balaban J connectivity index is 2.38. The Labute approximate surface area is 134 Å². The van der Waals surface area contributed by atoms with Gasteiger partial charge in [0.05, 0.1) is 4.90 Å². The minimum atomic E-state index is -3.19. The summed E-state index contributed by atoms with van der Waals surface area (Å²) in [7, 11) is -3.19. The summed E-state index contributed by atoms with van der Waals surface area (Å²) >= 11 is 0. The number of sulfone groups is 1. The smallest absolute Gasteiger partial charge is 0.175 e. The Morgan fingerprint density at radius 2 is 1.95 bits per heavy atom. The van der Waals surface area contributed by atoms with Crippen molar-refractivity contribution in [1.82, 2.24) is 0 Å². The molecule has 0 radical (unpaired) electrons. The van der Waals surface area contributed by atoms with Gasteiger partial charge < -0.3 is 0 Å². The molecule has 0 fully saturated rings. The molecule has 1 aliphatic carbocycles. The van der Waals surface area contributed by atoms with Crippen LogP contribution in [0.5, 0.6) is 0 Å². The number of aryl methyl sites for hydroxylation is 1. The molecule has 1 aliphatic rings. The summed E-state index contributed by atoms with van der Waals surface area (Å²) in [5, 5.41) is 0. The average Bonchev–Trinajstić information content (AvgIpc) is 2.43. The Bertz CT molecular complexity index is 696. The van der Waals surface area contributed by atoms with Crippen LogP contribution in [0.2, 0.25) is 0 Å². The van der Waals surface area contributed by atoms with Crippen LogP contribution in [0.1, 0.15) is 44.2 Å². The second-order valence-corrected chi connectivity index (χ2v) is 8.42. The second-order valence-electron chi connectivity index (χ2n) is 6.43. The van der Waals surface area contributed by atoms with Crippen molar-refractivity contribution in [3.63, 3.8) is 0 Å². The molecule has 0 saturated heterocycles. The number of allylic oxidation sites excluding steroid dienone is 4. The van der Waals surface area contributed by atoms with Gasteiger partial charge in [-0.05, 0) is 54.4 Å². The van der Waals surface area contributed by atoms with E-state index < -0.39 is 9.84 Å². The molecule has 3 heteroatoms. The van der Waals surface area contributed by atoms with Crippen LogP contribution in [0.4, 0.5) is 0 Å². The fourth-order valence-corrected chi connectivity index (χ4v) is 4.13. The second kappa shape index (κ2) is 6.82. The molecular weight excluding hydrogens is 292 g/mol. The third-order valence-electron chi connectivity index (χ3n) is 4.70. The Hall–Kier alpha value is -1.35. The predicted molar refractivity (Wildman–Crippen MR) is 93.6 cm³/mol. The van der Waals surface area contributed by atoms with Crippen LogP contribution in [0.25, 0.3) is 5.57 Å². The summed E-state index contributed by atoms with van der Waals surface area (Å²) in [5.74, 6) is 1.39. The lowest BCUT2D eigenvalue weighted by molar-refractivity contribution is 0.352. The molecule has 0 saturated carbocycles. The van der Waals surface area contributed by atoms with Gasteiger partial charge in [0.15, 0.2) is 9.84 Å². The minimum absolute atomic E-state index is 0.431. The van der Waals surface area contributed by atoms with Gasteiger partial charge in [-0.2, -0.15) is 0 Å². The number of hydrogen-bond acceptors (Lipinski definition) is 2. The summed E-state index contributed by atoms with van der Waals surface area (Å²) in [6, 6.07) is 5.73. The van der Waals surface area contributed by atoms with Gasteiger partial charge in [-0.3, -0.25) is 0 Å². The Morgan fingerprint density at radius 3 is 2.59 bits per heavy atom. The van der Waals surface area contributed by atoms with Crippen molar-refractivity contribution < 1.29 is 8.42 Å². The SMILES string of the molecule is CCC1C/C=C\C(c2ccc(C)c(S(C)(=O)=O)c2)=C\CC1C. The van der Waals surface area contributed by atoms with Crippen molar-refractivity contribution in [1.29, 1.82) is 0 Å². The molecule has 0 spiro atoms. The van der Waals surface area contributed by atoms with Crippen molar-refractivity contribution in [2.75, 3.05) is 6.26 Å². The van der Waals surface area contributed by atoms with Crippen LogP contribution in [-0.2, 0) is 9.84 Å². The van der Waals surface area contributed by atoms with E-state index in [2.05, 4.69) is 32.1 Å². The molecule has 2 nitrogen and oxygen atoms in total. The van der Waals surface area contributed by atoms with Crippen LogP contribution < -0.4 is 0 Å². The van der Waals surface area contributed by atoms with E-state index in [0.717, 1.165) is 35.5 Å². The van der Waals surface area contributed by atoms with Crippen molar-refractivity contribution >= 4 is 15.4 Å². The molecule has 0 aliphatic heterocycles. The van der Waals surface area contributed by atoms with Gasteiger partial charge in [0.1, 0.15) is 0 Å². The highest BCUT2D eigenvalue weighted by Crippen LogP contribution is 2.30. The van der Waals surface area contributed by atoms with Crippen molar-refractivity contribution in [2.45, 2.75) is 44.9 Å². The lowest BCUT2D eigenvalue weighted by Crippen LogP contribution is -2.10. The molecule has 0 heterocycles. The molecule has 1 aromatic rings. The summed E-state index contributed by atoms with van der Waals surface area (Å²) in [6.45, 7) is 6.40. The lowest BCUT2D eigenvalue weighted by Gasteiger charge is -2.22. The standard InChI is InChI=1S/C19H26O2S/c1-5-16-7-6-8-17(11-9-14(16)2)18-12-10-15(3)19(13-18)22(4,20)21/h6,8,10-14,16H,5,7,9H2,1-4H3/b8-6-,17-11-. The van der Waals surface area contributed by atoms with E-state index in [0.29, 0.717) is 10.8 Å². The van der Waals surface area contributed by atoms with Gasteiger partial charge in [0.25, 0.3) is 0 Å². The predicted octanol–water partition coefficient (Wildman–Crippen LogP) is 4.79. The monoisotopic (exact) mass is 318 g/mol. The van der Waals surface area contributed by atoms with Gasteiger partial charge >= 0.3 is 0 Å². The molecule has 22 heavy (non-hydrogen) atoms. The fourth-order valence-electron chi connectivity index (χ4n) is 3.14. The van der Waals surface area contributed by atoms with Crippen molar-refractivity contribution in [3.05, 3.63) is 47.6 Å². The van der Waals surface area contributed by atoms with E-state index in [9.17, 15) is 8.42 Å². The molecule has 0 amide bonds. The van der Waals surface area contributed by atoms with Gasteiger partial charge in [-0.25, -0.2) is 8.42 Å². The summed E-state index contributed by atoms with van der Waals surface area (Å²) in [6.07, 6.45) is 11.2. The first kappa shape index (κ1) is 17.0. The van der Waals surface area contributed by atoms with E-state index in [1.165, 1.54) is 12.7 Å². The molecule has 2 atom stereocenters. The molecule has 2 rings (SSSR count). The van der Waals surface area contributed by atoms with Gasteiger partial charge in [-0.1, -0.05) is 50.6 Å². The minimum Gasteiger partial charge on any atom is -0.224 e. The molecule has 0 N–H and O–H groups in total. The summed E-state index contributed by atoms with van der Waals surface area (Å²) < 4.78 is 23.8.